The van der Waals surface area contributed by atoms with Crippen molar-refractivity contribution < 1.29 is 22.7 Å². The van der Waals surface area contributed by atoms with Crippen molar-refractivity contribution in [3.8, 4) is 0 Å². The van der Waals surface area contributed by atoms with Crippen LogP contribution in [-0.4, -0.2) is 57.9 Å². The number of piperidine rings is 1. The number of methoxy groups -OCH3 is 1. The minimum Gasteiger partial charge on any atom is -0.383 e. The average molecular weight is 494 g/mol. The first-order valence-electron chi connectivity index (χ1n) is 10.7. The maximum atomic E-state index is 13.1. The third-order valence-electron chi connectivity index (χ3n) is 5.57. The molecule has 8 nitrogen and oxygen atoms in total. The first-order valence-corrected chi connectivity index (χ1v) is 12.5. The van der Waals surface area contributed by atoms with Gasteiger partial charge in [-0.05, 0) is 49.1 Å². The van der Waals surface area contributed by atoms with Crippen LogP contribution < -0.4 is 10.6 Å². The van der Waals surface area contributed by atoms with Gasteiger partial charge in [-0.2, -0.15) is 4.31 Å². The lowest BCUT2D eigenvalue weighted by molar-refractivity contribution is 0.0938. The molecule has 1 fully saturated rings. The fraction of sp³-hybridized carbons (Fsp3) is 0.391. The van der Waals surface area contributed by atoms with E-state index >= 15 is 0 Å². The van der Waals surface area contributed by atoms with Crippen LogP contribution in [0.5, 0.6) is 0 Å². The van der Waals surface area contributed by atoms with Crippen LogP contribution in [0.2, 0.25) is 5.02 Å². The summed E-state index contributed by atoms with van der Waals surface area (Å²) in [6.45, 7) is 3.66. The summed E-state index contributed by atoms with van der Waals surface area (Å²) in [6, 6.07) is 10.6. The Morgan fingerprint density at radius 3 is 2.48 bits per heavy atom. The summed E-state index contributed by atoms with van der Waals surface area (Å²) >= 11 is 6.24. The highest BCUT2D eigenvalue weighted by atomic mass is 35.5. The number of nitrogens with one attached hydrogen (secondary N) is 2. The smallest absolute Gasteiger partial charge is 0.257 e. The van der Waals surface area contributed by atoms with E-state index in [1.165, 1.54) is 29.6 Å². The van der Waals surface area contributed by atoms with E-state index in [0.717, 1.165) is 12.8 Å². The molecule has 2 aromatic carbocycles. The van der Waals surface area contributed by atoms with E-state index in [1.54, 1.807) is 24.3 Å². The average Bonchev–Trinajstić information content (AvgIpc) is 2.80. The number of benzene rings is 2. The molecule has 33 heavy (non-hydrogen) atoms. The van der Waals surface area contributed by atoms with E-state index in [0.29, 0.717) is 32.2 Å². The molecular formula is C23H28ClN3O5S. The van der Waals surface area contributed by atoms with E-state index in [1.807, 2.05) is 0 Å². The minimum atomic E-state index is -3.75. The SMILES string of the molecule is COCCNC(=O)c1ccccc1NC(=O)c1cc(S(=O)(=O)N2CCC(C)CC2)ccc1Cl. The molecule has 10 heteroatoms. The highest BCUT2D eigenvalue weighted by molar-refractivity contribution is 7.89. The van der Waals surface area contributed by atoms with Crippen molar-refractivity contribution in [1.29, 1.82) is 0 Å². The molecule has 0 spiro atoms. The summed E-state index contributed by atoms with van der Waals surface area (Å²) in [6.07, 6.45) is 1.59. The Hall–Kier alpha value is -2.46. The van der Waals surface area contributed by atoms with Gasteiger partial charge in [-0.15, -0.1) is 0 Å². The van der Waals surface area contributed by atoms with Crippen molar-refractivity contribution in [2.75, 3.05) is 38.7 Å². The molecule has 0 aliphatic carbocycles. The second kappa shape index (κ2) is 11.1. The standard InChI is InChI=1S/C23H28ClN3O5S/c1-16-9-12-27(13-10-16)33(30,31)17-7-8-20(24)19(15-17)23(29)26-21-6-4-3-5-18(21)22(28)25-11-14-32-2/h3-8,15-16H,9-14H2,1-2H3,(H,25,28)(H,26,29). The number of anilines is 1. The molecule has 1 heterocycles. The van der Waals surface area contributed by atoms with Crippen LogP contribution in [0.3, 0.4) is 0 Å². The number of amides is 2. The minimum absolute atomic E-state index is 0.0113. The summed E-state index contributed by atoms with van der Waals surface area (Å²) in [5, 5.41) is 5.50. The highest BCUT2D eigenvalue weighted by Gasteiger charge is 2.29. The van der Waals surface area contributed by atoms with Crippen LogP contribution in [0.4, 0.5) is 5.69 Å². The molecule has 2 N–H and O–H groups in total. The van der Waals surface area contributed by atoms with Gasteiger partial charge in [0.25, 0.3) is 11.8 Å². The molecule has 0 bridgehead atoms. The highest BCUT2D eigenvalue weighted by Crippen LogP contribution is 2.27. The van der Waals surface area contributed by atoms with E-state index < -0.39 is 15.9 Å². The van der Waals surface area contributed by atoms with Gasteiger partial charge in [0.2, 0.25) is 10.0 Å². The fourth-order valence-corrected chi connectivity index (χ4v) is 5.25. The van der Waals surface area contributed by atoms with Crippen LogP contribution in [0.25, 0.3) is 0 Å². The maximum Gasteiger partial charge on any atom is 0.257 e. The van der Waals surface area contributed by atoms with Gasteiger partial charge in [0.1, 0.15) is 0 Å². The zero-order chi connectivity index (χ0) is 24.0. The largest absolute Gasteiger partial charge is 0.383 e. The predicted octanol–water partition coefficient (Wildman–Crippen LogP) is 3.39. The van der Waals surface area contributed by atoms with Crippen LogP contribution >= 0.6 is 11.6 Å². The lowest BCUT2D eigenvalue weighted by Gasteiger charge is -2.29. The number of sulfonamides is 1. The third-order valence-corrected chi connectivity index (χ3v) is 7.80. The van der Waals surface area contributed by atoms with Gasteiger partial charge in [0.15, 0.2) is 0 Å². The van der Waals surface area contributed by atoms with Crippen molar-refractivity contribution in [2.24, 2.45) is 5.92 Å². The molecule has 1 saturated heterocycles. The fourth-order valence-electron chi connectivity index (χ4n) is 3.55. The number of rotatable bonds is 8. The lowest BCUT2D eigenvalue weighted by Crippen LogP contribution is -2.38. The summed E-state index contributed by atoms with van der Waals surface area (Å²) in [5.74, 6) is -0.499. The van der Waals surface area contributed by atoms with Crippen molar-refractivity contribution in [1.82, 2.24) is 9.62 Å². The summed E-state index contributed by atoms with van der Waals surface area (Å²) < 4.78 is 32.6. The normalized spacial score (nSPS) is 15.2. The van der Waals surface area contributed by atoms with Crippen LogP contribution in [0.1, 0.15) is 40.5 Å². The number of carbonyl (C=O) groups excluding carboxylic acids is 2. The number of hydrogen-bond donors (Lipinski definition) is 2. The molecule has 1 aliphatic rings. The quantitative estimate of drug-likeness (QED) is 0.548. The van der Waals surface area contributed by atoms with Gasteiger partial charge in [-0.25, -0.2) is 8.42 Å². The lowest BCUT2D eigenvalue weighted by atomic mass is 10.0. The number of ether oxygens (including phenoxy) is 1. The Kier molecular flexibility index (Phi) is 8.47. The Morgan fingerprint density at radius 1 is 1.09 bits per heavy atom. The van der Waals surface area contributed by atoms with Gasteiger partial charge in [-0.3, -0.25) is 9.59 Å². The van der Waals surface area contributed by atoms with Gasteiger partial charge in [0.05, 0.1) is 33.3 Å². The van der Waals surface area contributed by atoms with Crippen molar-refractivity contribution in [2.45, 2.75) is 24.7 Å². The van der Waals surface area contributed by atoms with E-state index in [9.17, 15) is 18.0 Å². The number of carbonyl (C=O) groups is 2. The maximum absolute atomic E-state index is 13.1. The summed E-state index contributed by atoms with van der Waals surface area (Å²) in [4.78, 5) is 25.5. The first-order chi connectivity index (χ1) is 15.7. The van der Waals surface area contributed by atoms with Gasteiger partial charge in [-0.1, -0.05) is 30.7 Å². The van der Waals surface area contributed by atoms with Gasteiger partial charge in [0, 0.05) is 26.7 Å². The van der Waals surface area contributed by atoms with Crippen LogP contribution in [0, 0.1) is 5.92 Å². The van der Waals surface area contributed by atoms with Crippen molar-refractivity contribution in [3.05, 3.63) is 58.6 Å². The van der Waals surface area contributed by atoms with Crippen molar-refractivity contribution in [3.63, 3.8) is 0 Å². The molecule has 0 atom stereocenters. The Bertz CT molecular complexity index is 1110. The predicted molar refractivity (Wildman–Crippen MR) is 127 cm³/mol. The number of hydrogen-bond acceptors (Lipinski definition) is 5. The topological polar surface area (TPSA) is 105 Å². The van der Waals surface area contributed by atoms with E-state index in [2.05, 4.69) is 17.6 Å². The molecule has 1 aliphatic heterocycles. The Morgan fingerprint density at radius 2 is 1.79 bits per heavy atom. The van der Waals surface area contributed by atoms with Crippen molar-refractivity contribution >= 4 is 39.1 Å². The summed E-state index contributed by atoms with van der Waals surface area (Å²) in [5.41, 5.74) is 0.564. The molecule has 0 unspecified atom stereocenters. The third kappa shape index (κ3) is 6.11. The Balaban J connectivity index is 1.82. The molecule has 2 amide bonds. The second-order valence-corrected chi connectivity index (χ2v) is 10.3. The van der Waals surface area contributed by atoms with Crippen LogP contribution in [-0.2, 0) is 14.8 Å². The van der Waals surface area contributed by atoms with Gasteiger partial charge >= 0.3 is 0 Å². The Labute approximate surface area is 199 Å². The molecular weight excluding hydrogens is 466 g/mol. The number of para-hydroxylation sites is 1. The molecule has 2 aromatic rings. The zero-order valence-corrected chi connectivity index (χ0v) is 20.2. The summed E-state index contributed by atoms with van der Waals surface area (Å²) in [7, 11) is -2.21. The second-order valence-electron chi connectivity index (χ2n) is 7.98. The molecule has 0 saturated carbocycles. The molecule has 178 valence electrons. The van der Waals surface area contributed by atoms with E-state index in [-0.39, 0.29) is 32.6 Å². The number of halogens is 1. The first kappa shape index (κ1) is 25.2. The van der Waals surface area contributed by atoms with Crippen LogP contribution in [0.15, 0.2) is 47.4 Å². The van der Waals surface area contributed by atoms with E-state index in [4.69, 9.17) is 16.3 Å². The number of nitrogens with zero attached hydrogens (tertiary/aromatic N) is 1. The molecule has 0 radical (unpaired) electrons. The zero-order valence-electron chi connectivity index (χ0n) is 18.6. The molecule has 3 rings (SSSR count). The monoisotopic (exact) mass is 493 g/mol. The van der Waals surface area contributed by atoms with Gasteiger partial charge < -0.3 is 15.4 Å². The molecule has 0 aromatic heterocycles.